The van der Waals surface area contributed by atoms with Gasteiger partial charge in [0.1, 0.15) is 18.7 Å². The highest BCUT2D eigenvalue weighted by Gasteiger charge is 2.07. The van der Waals surface area contributed by atoms with Crippen molar-refractivity contribution < 1.29 is 0 Å². The molecule has 84 valence electrons. The largest absolute Gasteiger partial charge is 0.338 e. The summed E-state index contributed by atoms with van der Waals surface area (Å²) in [5.41, 5.74) is 2.37. The molecule has 0 radical (unpaired) electrons. The molecule has 0 unspecified atom stereocenters. The Kier molecular flexibility index (Phi) is 2.48. The first-order valence-corrected chi connectivity index (χ1v) is 6.36. The minimum Gasteiger partial charge on any atom is -0.338 e. The van der Waals surface area contributed by atoms with E-state index in [0.717, 1.165) is 22.8 Å². The molecule has 2 aromatic heterocycles. The van der Waals surface area contributed by atoms with Gasteiger partial charge in [-0.15, -0.1) is 11.3 Å². The molecule has 0 bridgehead atoms. The van der Waals surface area contributed by atoms with Gasteiger partial charge in [0.25, 0.3) is 0 Å². The Balaban J connectivity index is 1.99. The van der Waals surface area contributed by atoms with Crippen molar-refractivity contribution in [1.29, 1.82) is 0 Å². The summed E-state index contributed by atoms with van der Waals surface area (Å²) in [6, 6.07) is 6.38. The molecule has 0 aliphatic rings. The van der Waals surface area contributed by atoms with Crippen LogP contribution in [-0.2, 0) is 13.5 Å². The molecule has 0 fully saturated rings. The van der Waals surface area contributed by atoms with Crippen molar-refractivity contribution in [1.82, 2.24) is 14.5 Å². The number of nitrogens with zero attached hydrogens (tertiary/aromatic N) is 3. The van der Waals surface area contributed by atoms with E-state index in [2.05, 4.69) is 36.0 Å². The second-order valence-electron chi connectivity index (χ2n) is 4.21. The van der Waals surface area contributed by atoms with Crippen LogP contribution in [-0.4, -0.2) is 22.4 Å². The van der Waals surface area contributed by atoms with Crippen LogP contribution in [0.3, 0.4) is 0 Å². The Bertz CT molecular complexity index is 671. The third kappa shape index (κ3) is 1.98. The van der Waals surface area contributed by atoms with E-state index in [1.54, 1.807) is 11.3 Å². The van der Waals surface area contributed by atoms with E-state index < -0.39 is 0 Å². The predicted octanol–water partition coefficient (Wildman–Crippen LogP) is 0.879. The quantitative estimate of drug-likeness (QED) is 0.623. The zero-order chi connectivity index (χ0) is 11.8. The van der Waals surface area contributed by atoms with E-state index in [4.69, 9.17) is 0 Å². The third-order valence-corrected chi connectivity index (χ3v) is 3.84. The monoisotopic (exact) mass is 241 g/mol. The maximum Gasteiger partial charge on any atom is 0.139 e. The van der Waals surface area contributed by atoms with Gasteiger partial charge in [-0.1, -0.05) is 11.5 Å². The number of thiazole rings is 1. The van der Waals surface area contributed by atoms with Crippen LogP contribution in [0.15, 0.2) is 30.6 Å². The molecular formula is C12H12BN3S. The highest BCUT2D eigenvalue weighted by atomic mass is 32.1. The van der Waals surface area contributed by atoms with Gasteiger partial charge in [0, 0.05) is 19.4 Å². The number of imidazole rings is 1. The summed E-state index contributed by atoms with van der Waals surface area (Å²) in [5.74, 6) is 1.06. The van der Waals surface area contributed by atoms with Crippen LogP contribution < -0.4 is 5.46 Å². The van der Waals surface area contributed by atoms with Crippen molar-refractivity contribution in [2.24, 2.45) is 7.05 Å². The van der Waals surface area contributed by atoms with Crippen molar-refractivity contribution in [2.45, 2.75) is 6.42 Å². The lowest BCUT2D eigenvalue weighted by atomic mass is 9.97. The smallest absolute Gasteiger partial charge is 0.139 e. The number of benzene rings is 1. The van der Waals surface area contributed by atoms with Crippen LogP contribution in [0.4, 0.5) is 0 Å². The number of aryl methyl sites for hydroxylation is 1. The minimum absolute atomic E-state index is 0.807. The van der Waals surface area contributed by atoms with Crippen molar-refractivity contribution in [3.63, 3.8) is 0 Å². The van der Waals surface area contributed by atoms with Gasteiger partial charge in [-0.05, 0) is 12.1 Å². The molecule has 0 N–H and O–H groups in total. The topological polar surface area (TPSA) is 30.7 Å². The van der Waals surface area contributed by atoms with E-state index in [1.807, 2.05) is 24.0 Å². The van der Waals surface area contributed by atoms with Crippen molar-refractivity contribution in [3.8, 4) is 0 Å². The summed E-state index contributed by atoms with van der Waals surface area (Å²) in [7, 11) is 4.12. The highest BCUT2D eigenvalue weighted by Crippen LogP contribution is 2.22. The molecule has 0 amide bonds. The van der Waals surface area contributed by atoms with Gasteiger partial charge in [-0.3, -0.25) is 0 Å². The van der Waals surface area contributed by atoms with Crippen molar-refractivity contribution in [2.75, 3.05) is 0 Å². The summed E-state index contributed by atoms with van der Waals surface area (Å²) < 4.78 is 3.30. The Morgan fingerprint density at radius 3 is 3.06 bits per heavy atom. The average molecular weight is 241 g/mol. The molecule has 3 nitrogen and oxygen atoms in total. The number of rotatable bonds is 2. The van der Waals surface area contributed by atoms with E-state index in [-0.39, 0.29) is 0 Å². The van der Waals surface area contributed by atoms with Crippen LogP contribution in [0.25, 0.3) is 10.2 Å². The van der Waals surface area contributed by atoms with Gasteiger partial charge in [0.05, 0.1) is 16.6 Å². The first-order valence-electron chi connectivity index (χ1n) is 5.54. The molecule has 0 aliphatic carbocycles. The van der Waals surface area contributed by atoms with E-state index in [9.17, 15) is 0 Å². The molecule has 5 heteroatoms. The van der Waals surface area contributed by atoms with E-state index in [0.29, 0.717) is 0 Å². The van der Waals surface area contributed by atoms with Crippen molar-refractivity contribution in [3.05, 3.63) is 41.4 Å². The van der Waals surface area contributed by atoms with Gasteiger partial charge in [0.2, 0.25) is 0 Å². The Labute approximate surface area is 105 Å². The summed E-state index contributed by atoms with van der Waals surface area (Å²) in [5, 5.41) is 1.12. The Morgan fingerprint density at radius 2 is 2.29 bits per heavy atom. The molecular weight excluding hydrogens is 229 g/mol. The number of fused-ring (bicyclic) bond motifs is 1. The SMILES string of the molecule is Bc1ccc2nc(Cc3nccn3C)sc2c1. The van der Waals surface area contributed by atoms with Gasteiger partial charge < -0.3 is 4.57 Å². The van der Waals surface area contributed by atoms with Crippen LogP contribution in [0.1, 0.15) is 10.8 Å². The number of aromatic nitrogens is 3. The molecule has 0 saturated heterocycles. The maximum absolute atomic E-state index is 4.64. The molecule has 17 heavy (non-hydrogen) atoms. The zero-order valence-electron chi connectivity index (χ0n) is 9.84. The summed E-state index contributed by atoms with van der Waals surface area (Å²) in [4.78, 5) is 8.96. The highest BCUT2D eigenvalue weighted by molar-refractivity contribution is 7.18. The van der Waals surface area contributed by atoms with Crippen molar-refractivity contribution >= 4 is 34.9 Å². The lowest BCUT2D eigenvalue weighted by Gasteiger charge is -1.97. The summed E-state index contributed by atoms with van der Waals surface area (Å²) in [6.45, 7) is 0. The molecule has 1 aromatic carbocycles. The molecule has 3 aromatic rings. The molecule has 3 rings (SSSR count). The fourth-order valence-corrected chi connectivity index (χ4v) is 2.92. The van der Waals surface area contributed by atoms with E-state index >= 15 is 0 Å². The third-order valence-electron chi connectivity index (χ3n) is 2.82. The molecule has 0 spiro atoms. The van der Waals surface area contributed by atoms with Crippen LogP contribution in [0.5, 0.6) is 0 Å². The second-order valence-corrected chi connectivity index (χ2v) is 5.33. The van der Waals surface area contributed by atoms with Gasteiger partial charge in [0.15, 0.2) is 0 Å². The molecule has 0 saturated carbocycles. The van der Waals surface area contributed by atoms with Crippen LogP contribution in [0, 0.1) is 0 Å². The second kappa shape index (κ2) is 4.00. The lowest BCUT2D eigenvalue weighted by Crippen LogP contribution is -1.98. The Hall–Kier alpha value is -1.62. The average Bonchev–Trinajstić information content (AvgIpc) is 2.85. The molecule has 0 atom stereocenters. The maximum atomic E-state index is 4.64. The Morgan fingerprint density at radius 1 is 1.41 bits per heavy atom. The van der Waals surface area contributed by atoms with Gasteiger partial charge >= 0.3 is 0 Å². The van der Waals surface area contributed by atoms with Crippen LogP contribution in [0.2, 0.25) is 0 Å². The lowest BCUT2D eigenvalue weighted by molar-refractivity contribution is 0.820. The minimum atomic E-state index is 0.807. The predicted molar refractivity (Wildman–Crippen MR) is 73.8 cm³/mol. The fourth-order valence-electron chi connectivity index (χ4n) is 1.86. The first-order chi connectivity index (χ1) is 8.22. The molecule has 2 heterocycles. The summed E-state index contributed by atoms with van der Waals surface area (Å²) >= 11 is 1.75. The van der Waals surface area contributed by atoms with E-state index in [1.165, 1.54) is 10.2 Å². The fraction of sp³-hybridized carbons (Fsp3) is 0.167. The van der Waals surface area contributed by atoms with Gasteiger partial charge in [-0.2, -0.15) is 0 Å². The summed E-state index contributed by atoms with van der Waals surface area (Å²) in [6.07, 6.45) is 4.60. The first kappa shape index (κ1) is 10.5. The normalized spacial score (nSPS) is 11.1. The standard InChI is InChI=1S/C12H12BN3S/c1-16-5-4-14-11(16)7-12-15-9-3-2-8(13)6-10(9)17-12/h2-6H,7,13H2,1H3. The molecule has 0 aliphatic heterocycles. The zero-order valence-corrected chi connectivity index (χ0v) is 10.7. The number of hydrogen-bond acceptors (Lipinski definition) is 3. The number of hydrogen-bond donors (Lipinski definition) is 0. The van der Waals surface area contributed by atoms with Crippen LogP contribution >= 0.6 is 11.3 Å². The van der Waals surface area contributed by atoms with Gasteiger partial charge in [-0.25, -0.2) is 9.97 Å².